The lowest BCUT2D eigenvalue weighted by atomic mass is 10.1. The van der Waals surface area contributed by atoms with E-state index >= 15 is 0 Å². The summed E-state index contributed by atoms with van der Waals surface area (Å²) in [6.45, 7) is 2.18. The van der Waals surface area contributed by atoms with E-state index in [4.69, 9.17) is 0 Å². The molecule has 0 saturated heterocycles. The maximum Gasteiger partial charge on any atom is 0.115 e. The van der Waals surface area contributed by atoms with Crippen molar-refractivity contribution in [3.05, 3.63) is 54.1 Å². The minimum Gasteiger partial charge on any atom is -0.508 e. The second-order valence-electron chi connectivity index (χ2n) is 3.85. The van der Waals surface area contributed by atoms with Crippen molar-refractivity contribution >= 4 is 0 Å². The highest BCUT2D eigenvalue weighted by molar-refractivity contribution is 5.27. The van der Waals surface area contributed by atoms with Gasteiger partial charge in [-0.3, -0.25) is 0 Å². The summed E-state index contributed by atoms with van der Waals surface area (Å²) in [5, 5.41) is 9.28. The van der Waals surface area contributed by atoms with Gasteiger partial charge in [0.05, 0.1) is 0 Å². The molecule has 0 aliphatic rings. The summed E-state index contributed by atoms with van der Waals surface area (Å²) in [7, 11) is 0. The number of unbranched alkanes of at least 4 members (excludes halogenated alkanes) is 1. The number of hydrogen-bond donors (Lipinski definition) is 1. The monoisotopic (exact) mass is 216 g/mol. The van der Waals surface area contributed by atoms with Crippen molar-refractivity contribution < 1.29 is 5.11 Å². The van der Waals surface area contributed by atoms with Crippen LogP contribution in [0.1, 0.15) is 31.7 Å². The summed E-state index contributed by atoms with van der Waals surface area (Å²) in [6.07, 6.45) is 12.9. The number of phenolic OH excluding ortho intramolecular Hbond substituents is 1. The van der Waals surface area contributed by atoms with Gasteiger partial charge in [0.2, 0.25) is 0 Å². The average Bonchev–Trinajstić information content (AvgIpc) is 2.28. The van der Waals surface area contributed by atoms with E-state index in [9.17, 15) is 5.11 Å². The second kappa shape index (κ2) is 7.75. The molecule has 0 unspecified atom stereocenters. The number of aryl methyl sites for hydroxylation is 1. The van der Waals surface area contributed by atoms with Crippen LogP contribution < -0.4 is 0 Å². The van der Waals surface area contributed by atoms with E-state index in [-0.39, 0.29) is 0 Å². The van der Waals surface area contributed by atoms with Crippen LogP contribution in [-0.2, 0) is 6.42 Å². The predicted molar refractivity (Wildman–Crippen MR) is 69.6 cm³/mol. The van der Waals surface area contributed by atoms with Gasteiger partial charge < -0.3 is 5.11 Å². The smallest absolute Gasteiger partial charge is 0.115 e. The Kier molecular flexibility index (Phi) is 6.09. The van der Waals surface area contributed by atoms with Gasteiger partial charge in [0, 0.05) is 0 Å². The Hall–Kier alpha value is -1.50. The lowest BCUT2D eigenvalue weighted by molar-refractivity contribution is 0.474. The highest BCUT2D eigenvalue weighted by Gasteiger charge is 1.91. The van der Waals surface area contributed by atoms with E-state index in [1.54, 1.807) is 6.07 Å². The lowest BCUT2D eigenvalue weighted by Crippen LogP contribution is -1.81. The maximum absolute atomic E-state index is 9.28. The summed E-state index contributed by atoms with van der Waals surface area (Å²) >= 11 is 0. The van der Waals surface area contributed by atoms with Gasteiger partial charge in [-0.15, -0.1) is 0 Å². The zero-order valence-electron chi connectivity index (χ0n) is 9.89. The number of benzene rings is 1. The van der Waals surface area contributed by atoms with Crippen LogP contribution in [0.3, 0.4) is 0 Å². The summed E-state index contributed by atoms with van der Waals surface area (Å²) in [5.41, 5.74) is 1.18. The third-order valence-electron chi connectivity index (χ3n) is 2.35. The van der Waals surface area contributed by atoms with Crippen LogP contribution in [0.4, 0.5) is 0 Å². The van der Waals surface area contributed by atoms with Crippen LogP contribution in [0.15, 0.2) is 48.6 Å². The van der Waals surface area contributed by atoms with Gasteiger partial charge in [-0.25, -0.2) is 0 Å². The molecule has 86 valence electrons. The van der Waals surface area contributed by atoms with Crippen LogP contribution in [0.5, 0.6) is 5.75 Å². The van der Waals surface area contributed by atoms with Crippen molar-refractivity contribution in [2.45, 2.75) is 32.6 Å². The number of rotatable bonds is 6. The summed E-state index contributed by atoms with van der Waals surface area (Å²) in [5.74, 6) is 0.351. The molecule has 0 atom stereocenters. The Balaban J connectivity index is 2.25. The van der Waals surface area contributed by atoms with E-state index in [2.05, 4.69) is 31.2 Å². The fourth-order valence-corrected chi connectivity index (χ4v) is 1.48. The third-order valence-corrected chi connectivity index (χ3v) is 2.35. The number of aromatic hydroxyl groups is 1. The van der Waals surface area contributed by atoms with Gasteiger partial charge in [0.15, 0.2) is 0 Å². The van der Waals surface area contributed by atoms with E-state index in [0.717, 1.165) is 19.3 Å². The molecular formula is C15H20O. The molecule has 0 aliphatic heterocycles. The molecule has 0 radical (unpaired) electrons. The van der Waals surface area contributed by atoms with Crippen molar-refractivity contribution in [3.63, 3.8) is 0 Å². The minimum absolute atomic E-state index is 0.351. The van der Waals surface area contributed by atoms with Gasteiger partial charge >= 0.3 is 0 Å². The van der Waals surface area contributed by atoms with Crippen LogP contribution in [0, 0.1) is 0 Å². The van der Waals surface area contributed by atoms with Crippen molar-refractivity contribution in [1.29, 1.82) is 0 Å². The second-order valence-corrected chi connectivity index (χ2v) is 3.85. The minimum atomic E-state index is 0.351. The fraction of sp³-hybridized carbons (Fsp3) is 0.333. The molecule has 0 aromatic heterocycles. The Morgan fingerprint density at radius 1 is 1.12 bits per heavy atom. The number of hydrogen-bond acceptors (Lipinski definition) is 1. The molecule has 0 heterocycles. The van der Waals surface area contributed by atoms with Crippen LogP contribution in [-0.4, -0.2) is 5.11 Å². The zero-order valence-corrected chi connectivity index (χ0v) is 9.89. The predicted octanol–water partition coefficient (Wildman–Crippen LogP) is 4.24. The van der Waals surface area contributed by atoms with E-state index in [1.165, 1.54) is 12.0 Å². The number of phenols is 1. The van der Waals surface area contributed by atoms with Crippen molar-refractivity contribution in [1.82, 2.24) is 0 Å². The molecule has 1 aromatic carbocycles. The quantitative estimate of drug-likeness (QED) is 0.705. The first-order chi connectivity index (χ1) is 7.83. The maximum atomic E-state index is 9.28. The van der Waals surface area contributed by atoms with E-state index in [0.29, 0.717) is 5.75 Å². The Morgan fingerprint density at radius 3 is 2.56 bits per heavy atom. The summed E-state index contributed by atoms with van der Waals surface area (Å²) < 4.78 is 0. The summed E-state index contributed by atoms with van der Waals surface area (Å²) in [4.78, 5) is 0. The largest absolute Gasteiger partial charge is 0.508 e. The first-order valence-corrected chi connectivity index (χ1v) is 5.92. The average molecular weight is 216 g/mol. The van der Waals surface area contributed by atoms with Gasteiger partial charge in [0.25, 0.3) is 0 Å². The molecule has 0 bridgehead atoms. The molecule has 0 fully saturated rings. The molecule has 0 aliphatic carbocycles. The van der Waals surface area contributed by atoms with Crippen LogP contribution >= 0.6 is 0 Å². The van der Waals surface area contributed by atoms with Gasteiger partial charge in [-0.1, -0.05) is 49.8 Å². The first-order valence-electron chi connectivity index (χ1n) is 5.92. The molecule has 1 heteroatoms. The molecule has 0 spiro atoms. The molecule has 0 amide bonds. The molecule has 1 rings (SSSR count). The van der Waals surface area contributed by atoms with Crippen molar-refractivity contribution in [2.75, 3.05) is 0 Å². The van der Waals surface area contributed by atoms with Crippen LogP contribution in [0.2, 0.25) is 0 Å². The molecule has 1 nitrogen and oxygen atoms in total. The SMILES string of the molecule is CCCC=CC=CCCc1cccc(O)c1. The van der Waals surface area contributed by atoms with Crippen molar-refractivity contribution in [2.24, 2.45) is 0 Å². The fourth-order valence-electron chi connectivity index (χ4n) is 1.48. The topological polar surface area (TPSA) is 20.2 Å². The molecule has 0 saturated carbocycles. The zero-order chi connectivity index (χ0) is 11.6. The summed E-state index contributed by atoms with van der Waals surface area (Å²) in [6, 6.07) is 7.45. The van der Waals surface area contributed by atoms with E-state index in [1.807, 2.05) is 18.2 Å². The number of allylic oxidation sites excluding steroid dienone is 4. The van der Waals surface area contributed by atoms with E-state index < -0.39 is 0 Å². The highest BCUT2D eigenvalue weighted by Crippen LogP contribution is 2.12. The third kappa shape index (κ3) is 5.40. The molecule has 1 N–H and O–H groups in total. The van der Waals surface area contributed by atoms with Gasteiger partial charge in [0.1, 0.15) is 5.75 Å². The Morgan fingerprint density at radius 2 is 1.88 bits per heavy atom. The first kappa shape index (κ1) is 12.6. The van der Waals surface area contributed by atoms with Crippen molar-refractivity contribution in [3.8, 4) is 5.75 Å². The molecular weight excluding hydrogens is 196 g/mol. The van der Waals surface area contributed by atoms with Gasteiger partial charge in [-0.05, 0) is 37.0 Å². The standard InChI is InChI=1S/C15H20O/c1-2-3-4-5-6-7-8-10-14-11-9-12-15(16)13-14/h4-7,9,11-13,16H,2-3,8,10H2,1H3. The highest BCUT2D eigenvalue weighted by atomic mass is 16.3. The molecule has 16 heavy (non-hydrogen) atoms. The molecule has 1 aromatic rings. The lowest BCUT2D eigenvalue weighted by Gasteiger charge is -1.98. The van der Waals surface area contributed by atoms with Gasteiger partial charge in [-0.2, -0.15) is 0 Å². The Labute approximate surface area is 98.1 Å². The normalized spacial score (nSPS) is 11.6. The Bertz CT molecular complexity index is 350. The van der Waals surface area contributed by atoms with Crippen LogP contribution in [0.25, 0.3) is 0 Å².